The topological polar surface area (TPSA) is 75.7 Å². The van der Waals surface area contributed by atoms with Gasteiger partial charge in [-0.1, -0.05) is 29.3 Å². The summed E-state index contributed by atoms with van der Waals surface area (Å²) in [5.41, 5.74) is 2.32. The molecule has 158 valence electrons. The molecule has 0 saturated heterocycles. The summed E-state index contributed by atoms with van der Waals surface area (Å²) in [4.78, 5) is 12.6. The Balaban J connectivity index is 2.05. The minimum Gasteiger partial charge on any atom is -0.492 e. The Kier molecular flexibility index (Phi) is 7.80. The first kappa shape index (κ1) is 23.3. The van der Waals surface area contributed by atoms with Crippen molar-refractivity contribution in [2.24, 2.45) is 0 Å². The number of rotatable bonds is 8. The van der Waals surface area contributed by atoms with Gasteiger partial charge < -0.3 is 10.1 Å². The highest BCUT2D eigenvalue weighted by atomic mass is 35.5. The molecule has 2 rings (SSSR count). The van der Waals surface area contributed by atoms with Crippen molar-refractivity contribution in [1.29, 1.82) is 0 Å². The van der Waals surface area contributed by atoms with Crippen molar-refractivity contribution in [3.8, 4) is 5.75 Å². The van der Waals surface area contributed by atoms with Gasteiger partial charge in [-0.05, 0) is 62.2 Å². The first-order valence-electron chi connectivity index (χ1n) is 8.92. The predicted octanol–water partition coefficient (Wildman–Crippen LogP) is 3.96. The Morgan fingerprint density at radius 3 is 2.34 bits per heavy atom. The van der Waals surface area contributed by atoms with Gasteiger partial charge in [0.15, 0.2) is 0 Å². The van der Waals surface area contributed by atoms with E-state index in [0.29, 0.717) is 10.8 Å². The molecule has 0 bridgehead atoms. The molecular formula is C20H24Cl2N2O4S. The number of nitrogens with zero attached hydrogens (tertiary/aromatic N) is 1. The zero-order chi connectivity index (χ0) is 21.8. The van der Waals surface area contributed by atoms with E-state index in [-0.39, 0.29) is 23.9 Å². The molecule has 0 aliphatic rings. The lowest BCUT2D eigenvalue weighted by molar-refractivity contribution is -0.121. The third-order valence-corrected chi connectivity index (χ3v) is 5.88. The molecule has 2 aromatic carbocycles. The second-order valence-corrected chi connectivity index (χ2v) is 9.50. The Labute approximate surface area is 181 Å². The SMILES string of the molecule is Cc1cc(C)cc(OCCNC(=O)[C@@H](C)N(c2cc(Cl)ccc2Cl)S(C)(=O)=O)c1. The minimum atomic E-state index is -3.79. The molecule has 2 aromatic rings. The molecule has 0 fully saturated rings. The van der Waals surface area contributed by atoms with Crippen LogP contribution in [0.15, 0.2) is 36.4 Å². The molecule has 0 aromatic heterocycles. The molecule has 0 aliphatic carbocycles. The molecule has 0 unspecified atom stereocenters. The van der Waals surface area contributed by atoms with E-state index >= 15 is 0 Å². The Bertz CT molecular complexity index is 976. The summed E-state index contributed by atoms with van der Waals surface area (Å²) in [5, 5.41) is 3.18. The number of sulfonamides is 1. The van der Waals surface area contributed by atoms with Crippen molar-refractivity contribution in [3.05, 3.63) is 57.6 Å². The van der Waals surface area contributed by atoms with Gasteiger partial charge in [-0.3, -0.25) is 9.10 Å². The van der Waals surface area contributed by atoms with E-state index in [1.807, 2.05) is 32.0 Å². The molecule has 0 spiro atoms. The number of hydrogen-bond donors (Lipinski definition) is 1. The van der Waals surface area contributed by atoms with Crippen LogP contribution < -0.4 is 14.4 Å². The van der Waals surface area contributed by atoms with E-state index in [1.54, 1.807) is 6.07 Å². The molecule has 0 heterocycles. The monoisotopic (exact) mass is 458 g/mol. The summed E-state index contributed by atoms with van der Waals surface area (Å²) >= 11 is 12.1. The van der Waals surface area contributed by atoms with Gasteiger partial charge in [0, 0.05) is 5.02 Å². The van der Waals surface area contributed by atoms with E-state index in [4.69, 9.17) is 27.9 Å². The van der Waals surface area contributed by atoms with Gasteiger partial charge in [-0.25, -0.2) is 8.42 Å². The lowest BCUT2D eigenvalue weighted by atomic mass is 10.1. The van der Waals surface area contributed by atoms with Crippen LogP contribution >= 0.6 is 23.2 Å². The predicted molar refractivity (Wildman–Crippen MR) is 118 cm³/mol. The molecule has 0 radical (unpaired) electrons. The largest absolute Gasteiger partial charge is 0.492 e. The average molecular weight is 459 g/mol. The van der Waals surface area contributed by atoms with Crippen LogP contribution in [0, 0.1) is 13.8 Å². The van der Waals surface area contributed by atoms with Crippen molar-refractivity contribution in [2.75, 3.05) is 23.7 Å². The molecule has 29 heavy (non-hydrogen) atoms. The maximum absolute atomic E-state index is 12.6. The summed E-state index contributed by atoms with van der Waals surface area (Å²) < 4.78 is 31.3. The van der Waals surface area contributed by atoms with Crippen LogP contribution in [0.25, 0.3) is 0 Å². The highest BCUT2D eigenvalue weighted by molar-refractivity contribution is 7.92. The van der Waals surface area contributed by atoms with Crippen LogP contribution in [0.5, 0.6) is 5.75 Å². The number of amides is 1. The van der Waals surface area contributed by atoms with E-state index < -0.39 is 22.0 Å². The van der Waals surface area contributed by atoms with Crippen LogP contribution in [0.1, 0.15) is 18.1 Å². The third-order valence-electron chi connectivity index (χ3n) is 4.10. The van der Waals surface area contributed by atoms with Gasteiger partial charge in [0.25, 0.3) is 0 Å². The average Bonchev–Trinajstić information content (AvgIpc) is 2.59. The van der Waals surface area contributed by atoms with Gasteiger partial charge in [-0.15, -0.1) is 0 Å². The first-order chi connectivity index (χ1) is 13.5. The summed E-state index contributed by atoms with van der Waals surface area (Å²) in [6, 6.07) is 9.27. The number of halogens is 2. The molecule has 0 aliphatic heterocycles. The van der Waals surface area contributed by atoms with Crippen molar-refractivity contribution < 1.29 is 17.9 Å². The van der Waals surface area contributed by atoms with Crippen LogP contribution in [-0.4, -0.2) is 39.8 Å². The number of aryl methyl sites for hydroxylation is 2. The molecule has 1 N–H and O–H groups in total. The number of nitrogens with one attached hydrogen (secondary N) is 1. The molecule has 1 atom stereocenters. The third kappa shape index (κ3) is 6.52. The fourth-order valence-corrected chi connectivity index (χ4v) is 4.55. The summed E-state index contributed by atoms with van der Waals surface area (Å²) in [6.45, 7) is 5.90. The number of carbonyl (C=O) groups excluding carboxylic acids is 1. The zero-order valence-corrected chi connectivity index (χ0v) is 19.0. The van der Waals surface area contributed by atoms with Gasteiger partial charge in [0.05, 0.1) is 23.5 Å². The summed E-state index contributed by atoms with van der Waals surface area (Å²) in [7, 11) is -3.79. The molecule has 9 heteroatoms. The summed E-state index contributed by atoms with van der Waals surface area (Å²) in [5.74, 6) is 0.240. The second kappa shape index (κ2) is 9.69. The van der Waals surface area contributed by atoms with E-state index in [2.05, 4.69) is 5.32 Å². The van der Waals surface area contributed by atoms with Crippen LogP contribution in [0.3, 0.4) is 0 Å². The fourth-order valence-electron chi connectivity index (χ4n) is 2.94. The number of hydrogen-bond acceptors (Lipinski definition) is 4. The fraction of sp³-hybridized carbons (Fsp3) is 0.350. The van der Waals surface area contributed by atoms with Crippen molar-refractivity contribution >= 4 is 44.8 Å². The smallest absolute Gasteiger partial charge is 0.243 e. The van der Waals surface area contributed by atoms with Crippen molar-refractivity contribution in [2.45, 2.75) is 26.8 Å². The second-order valence-electron chi connectivity index (χ2n) is 6.79. The first-order valence-corrected chi connectivity index (χ1v) is 11.5. The standard InChI is InChI=1S/C20H24Cl2N2O4S/c1-13-9-14(2)11-17(10-13)28-8-7-23-20(25)15(3)24(29(4,26)27)19-12-16(21)5-6-18(19)22/h5-6,9-12,15H,7-8H2,1-4H3,(H,23,25)/t15-/m1/s1. The molecule has 0 saturated carbocycles. The summed E-state index contributed by atoms with van der Waals surface area (Å²) in [6.07, 6.45) is 1.01. The van der Waals surface area contributed by atoms with Crippen molar-refractivity contribution in [3.63, 3.8) is 0 Å². The van der Waals surface area contributed by atoms with E-state index in [0.717, 1.165) is 21.7 Å². The number of benzene rings is 2. The lowest BCUT2D eigenvalue weighted by Crippen LogP contribution is -2.48. The van der Waals surface area contributed by atoms with Crippen molar-refractivity contribution in [1.82, 2.24) is 5.32 Å². The van der Waals surface area contributed by atoms with Crippen LogP contribution in [-0.2, 0) is 14.8 Å². The molecular weight excluding hydrogens is 435 g/mol. The zero-order valence-electron chi connectivity index (χ0n) is 16.7. The highest BCUT2D eigenvalue weighted by Gasteiger charge is 2.30. The van der Waals surface area contributed by atoms with Gasteiger partial charge >= 0.3 is 0 Å². The maximum atomic E-state index is 12.6. The highest BCUT2D eigenvalue weighted by Crippen LogP contribution is 2.32. The Morgan fingerprint density at radius 2 is 1.76 bits per heavy atom. The molecule has 6 nitrogen and oxygen atoms in total. The minimum absolute atomic E-state index is 0.149. The quantitative estimate of drug-likeness (QED) is 0.607. The normalized spacial score (nSPS) is 12.3. The number of ether oxygens (including phenoxy) is 1. The lowest BCUT2D eigenvalue weighted by Gasteiger charge is -2.29. The van der Waals surface area contributed by atoms with Crippen LogP contribution in [0.2, 0.25) is 10.0 Å². The van der Waals surface area contributed by atoms with Gasteiger partial charge in [0.1, 0.15) is 18.4 Å². The Hall–Kier alpha value is -1.96. The Morgan fingerprint density at radius 1 is 1.14 bits per heavy atom. The number of carbonyl (C=O) groups is 1. The molecule has 1 amide bonds. The van der Waals surface area contributed by atoms with Gasteiger partial charge in [-0.2, -0.15) is 0 Å². The maximum Gasteiger partial charge on any atom is 0.243 e. The van der Waals surface area contributed by atoms with Gasteiger partial charge in [0.2, 0.25) is 15.9 Å². The van der Waals surface area contributed by atoms with Crippen LogP contribution in [0.4, 0.5) is 5.69 Å². The van der Waals surface area contributed by atoms with E-state index in [1.165, 1.54) is 19.1 Å². The van der Waals surface area contributed by atoms with E-state index in [9.17, 15) is 13.2 Å². The number of anilines is 1.